The van der Waals surface area contributed by atoms with Crippen molar-refractivity contribution >= 4 is 5.91 Å². The second-order valence-corrected chi connectivity index (χ2v) is 6.29. The molecule has 3 rings (SSSR count). The van der Waals surface area contributed by atoms with Crippen molar-refractivity contribution in [3.05, 3.63) is 65.7 Å². The average Bonchev–Trinajstić information content (AvgIpc) is 3.02. The molecule has 0 aliphatic carbocycles. The lowest BCUT2D eigenvalue weighted by molar-refractivity contribution is -0.137. The first-order chi connectivity index (χ1) is 12.3. The molecular formula is C19H19F3N2O2. The highest BCUT2D eigenvalue weighted by Crippen LogP contribution is 2.31. The van der Waals surface area contributed by atoms with E-state index in [1.54, 1.807) is 4.90 Å². The van der Waals surface area contributed by atoms with Crippen molar-refractivity contribution in [1.82, 2.24) is 4.90 Å². The predicted molar refractivity (Wildman–Crippen MR) is 90.7 cm³/mol. The van der Waals surface area contributed by atoms with Gasteiger partial charge in [-0.3, -0.25) is 4.79 Å². The van der Waals surface area contributed by atoms with Crippen LogP contribution >= 0.6 is 0 Å². The summed E-state index contributed by atoms with van der Waals surface area (Å²) < 4.78 is 43.4. The molecule has 1 heterocycles. The van der Waals surface area contributed by atoms with Gasteiger partial charge in [-0.1, -0.05) is 36.4 Å². The Morgan fingerprint density at radius 2 is 1.85 bits per heavy atom. The normalized spacial score (nSPS) is 20.2. The zero-order chi connectivity index (χ0) is 18.7. The lowest BCUT2D eigenvalue weighted by atomic mass is 9.95. The van der Waals surface area contributed by atoms with Gasteiger partial charge >= 0.3 is 6.18 Å². The fraction of sp³-hybridized carbons (Fsp3) is 0.316. The lowest BCUT2D eigenvalue weighted by Gasteiger charge is -2.17. The fourth-order valence-electron chi connectivity index (χ4n) is 3.08. The summed E-state index contributed by atoms with van der Waals surface area (Å²) in [4.78, 5) is 13.9. The summed E-state index contributed by atoms with van der Waals surface area (Å²) in [6.07, 6.45) is -4.45. The average molecular weight is 364 g/mol. The third-order valence-corrected chi connectivity index (χ3v) is 4.47. The Morgan fingerprint density at radius 3 is 2.54 bits per heavy atom. The molecule has 1 aliphatic heterocycles. The molecular weight excluding hydrogens is 345 g/mol. The Balaban J connectivity index is 1.59. The van der Waals surface area contributed by atoms with E-state index in [0.29, 0.717) is 13.1 Å². The van der Waals surface area contributed by atoms with E-state index in [2.05, 4.69) is 0 Å². The first-order valence-corrected chi connectivity index (χ1v) is 8.23. The summed E-state index contributed by atoms with van der Waals surface area (Å²) in [5, 5.41) is 0. The summed E-state index contributed by atoms with van der Waals surface area (Å²) in [5.41, 5.74) is 6.41. The van der Waals surface area contributed by atoms with Crippen molar-refractivity contribution in [2.75, 3.05) is 19.7 Å². The SMILES string of the molecule is N[C@@H]1CN(C(=O)COc2cccc(C(F)(F)F)c2)C[C@H]1c1ccccc1. The number of rotatable bonds is 4. The summed E-state index contributed by atoms with van der Waals surface area (Å²) in [7, 11) is 0. The highest BCUT2D eigenvalue weighted by atomic mass is 19.4. The van der Waals surface area contributed by atoms with Crippen molar-refractivity contribution in [1.29, 1.82) is 0 Å². The standard InChI is InChI=1S/C19H19F3N2O2/c20-19(21,22)14-7-4-8-15(9-14)26-12-18(25)24-10-16(17(23)11-24)13-5-2-1-3-6-13/h1-9,16-17H,10-12,23H2/t16-,17+/m0/s1. The van der Waals surface area contributed by atoms with Crippen LogP contribution in [0, 0.1) is 0 Å². The number of hydrogen-bond acceptors (Lipinski definition) is 3. The molecule has 1 fully saturated rings. The number of nitrogens with zero attached hydrogens (tertiary/aromatic N) is 1. The number of hydrogen-bond donors (Lipinski definition) is 1. The molecule has 0 bridgehead atoms. The Hall–Kier alpha value is -2.54. The number of amides is 1. The summed E-state index contributed by atoms with van der Waals surface area (Å²) >= 11 is 0. The molecule has 2 aromatic carbocycles. The predicted octanol–water partition coefficient (Wildman–Crippen LogP) is 3.04. The molecule has 2 aromatic rings. The minimum absolute atomic E-state index is 0.0104. The molecule has 1 saturated heterocycles. The van der Waals surface area contributed by atoms with Crippen LogP contribution in [-0.2, 0) is 11.0 Å². The van der Waals surface area contributed by atoms with Gasteiger partial charge in [-0.2, -0.15) is 13.2 Å². The van der Waals surface area contributed by atoms with Gasteiger partial charge in [-0.05, 0) is 23.8 Å². The van der Waals surface area contributed by atoms with Gasteiger partial charge in [0.05, 0.1) is 5.56 Å². The molecule has 138 valence electrons. The third kappa shape index (κ3) is 4.16. The summed E-state index contributed by atoms with van der Waals surface area (Å²) in [6.45, 7) is 0.538. The second-order valence-electron chi connectivity index (χ2n) is 6.29. The van der Waals surface area contributed by atoms with E-state index in [-0.39, 0.29) is 30.2 Å². The first-order valence-electron chi connectivity index (χ1n) is 8.23. The zero-order valence-corrected chi connectivity index (χ0v) is 13.9. The van der Waals surface area contributed by atoms with E-state index in [1.807, 2.05) is 30.3 Å². The first kappa shape index (κ1) is 18.3. The third-order valence-electron chi connectivity index (χ3n) is 4.47. The Morgan fingerprint density at radius 1 is 1.12 bits per heavy atom. The van der Waals surface area contributed by atoms with Gasteiger partial charge in [0.1, 0.15) is 5.75 Å². The van der Waals surface area contributed by atoms with Crippen molar-refractivity contribution in [2.45, 2.75) is 18.1 Å². The van der Waals surface area contributed by atoms with Crippen LogP contribution in [0.25, 0.3) is 0 Å². The van der Waals surface area contributed by atoms with Crippen LogP contribution < -0.4 is 10.5 Å². The molecule has 2 atom stereocenters. The van der Waals surface area contributed by atoms with Crippen molar-refractivity contribution < 1.29 is 22.7 Å². The molecule has 1 aliphatic rings. The van der Waals surface area contributed by atoms with E-state index in [4.69, 9.17) is 10.5 Å². The number of ether oxygens (including phenoxy) is 1. The van der Waals surface area contributed by atoms with Gasteiger partial charge in [-0.15, -0.1) is 0 Å². The quantitative estimate of drug-likeness (QED) is 0.907. The van der Waals surface area contributed by atoms with Crippen LogP contribution in [0.4, 0.5) is 13.2 Å². The van der Waals surface area contributed by atoms with E-state index >= 15 is 0 Å². The molecule has 7 heteroatoms. The summed E-state index contributed by atoms with van der Waals surface area (Å²) in [5.74, 6) is -0.249. The molecule has 1 amide bonds. The van der Waals surface area contributed by atoms with Crippen molar-refractivity contribution in [3.63, 3.8) is 0 Å². The number of likely N-dealkylation sites (tertiary alicyclic amines) is 1. The van der Waals surface area contributed by atoms with Crippen LogP contribution in [0.15, 0.2) is 54.6 Å². The maximum absolute atomic E-state index is 12.7. The van der Waals surface area contributed by atoms with Gasteiger partial charge < -0.3 is 15.4 Å². The minimum Gasteiger partial charge on any atom is -0.484 e. The highest BCUT2D eigenvalue weighted by molar-refractivity contribution is 5.78. The summed E-state index contributed by atoms with van der Waals surface area (Å²) in [6, 6.07) is 14.0. The molecule has 0 aromatic heterocycles. The van der Waals surface area contributed by atoms with Crippen molar-refractivity contribution in [2.24, 2.45) is 5.73 Å². The largest absolute Gasteiger partial charge is 0.484 e. The topological polar surface area (TPSA) is 55.6 Å². The van der Waals surface area contributed by atoms with Crippen LogP contribution in [0.1, 0.15) is 17.0 Å². The molecule has 0 saturated carbocycles. The van der Waals surface area contributed by atoms with Gasteiger partial charge in [0, 0.05) is 25.0 Å². The van der Waals surface area contributed by atoms with Gasteiger partial charge in [-0.25, -0.2) is 0 Å². The number of benzene rings is 2. The maximum Gasteiger partial charge on any atom is 0.416 e. The van der Waals surface area contributed by atoms with Crippen molar-refractivity contribution in [3.8, 4) is 5.75 Å². The zero-order valence-electron chi connectivity index (χ0n) is 13.9. The van der Waals surface area contributed by atoms with Crippen LogP contribution in [-0.4, -0.2) is 36.5 Å². The van der Waals surface area contributed by atoms with E-state index in [0.717, 1.165) is 17.7 Å². The Bertz CT molecular complexity index is 765. The van der Waals surface area contributed by atoms with Gasteiger partial charge in [0.25, 0.3) is 5.91 Å². The van der Waals surface area contributed by atoms with Crippen LogP contribution in [0.2, 0.25) is 0 Å². The van der Waals surface area contributed by atoms with Crippen LogP contribution in [0.3, 0.4) is 0 Å². The molecule has 26 heavy (non-hydrogen) atoms. The van der Waals surface area contributed by atoms with E-state index in [9.17, 15) is 18.0 Å². The van der Waals surface area contributed by atoms with E-state index < -0.39 is 11.7 Å². The molecule has 2 N–H and O–H groups in total. The Kier molecular flexibility index (Phi) is 5.18. The monoisotopic (exact) mass is 364 g/mol. The number of alkyl halides is 3. The smallest absolute Gasteiger partial charge is 0.416 e. The number of carbonyl (C=O) groups is 1. The van der Waals surface area contributed by atoms with E-state index in [1.165, 1.54) is 12.1 Å². The highest BCUT2D eigenvalue weighted by Gasteiger charge is 2.34. The molecule has 0 spiro atoms. The van der Waals surface area contributed by atoms with Gasteiger partial charge in [0.2, 0.25) is 0 Å². The number of halogens is 3. The second kappa shape index (κ2) is 7.37. The maximum atomic E-state index is 12.7. The Labute approximate surface area is 149 Å². The minimum atomic E-state index is -4.45. The fourth-order valence-corrected chi connectivity index (χ4v) is 3.08. The number of nitrogens with two attached hydrogens (primary N) is 1. The molecule has 0 radical (unpaired) electrons. The van der Waals surface area contributed by atoms with Crippen LogP contribution in [0.5, 0.6) is 5.75 Å². The number of carbonyl (C=O) groups excluding carboxylic acids is 1. The molecule has 4 nitrogen and oxygen atoms in total. The van der Waals surface area contributed by atoms with Gasteiger partial charge in [0.15, 0.2) is 6.61 Å². The lowest BCUT2D eigenvalue weighted by Crippen LogP contribution is -2.35. The molecule has 0 unspecified atom stereocenters.